The van der Waals surface area contributed by atoms with E-state index in [9.17, 15) is 14.7 Å². The molecule has 0 aliphatic heterocycles. The lowest BCUT2D eigenvalue weighted by Crippen LogP contribution is -2.52. The van der Waals surface area contributed by atoms with E-state index in [1.807, 2.05) is 13.8 Å². The van der Waals surface area contributed by atoms with E-state index < -0.39 is 12.0 Å². The quantitative estimate of drug-likeness (QED) is 0.747. The average Bonchev–Trinajstić information content (AvgIpc) is 2.21. The van der Waals surface area contributed by atoms with Crippen molar-refractivity contribution in [2.75, 3.05) is 0 Å². The van der Waals surface area contributed by atoms with Gasteiger partial charge in [-0.2, -0.15) is 0 Å². The molecule has 1 rings (SSSR count). The number of hydrogen-bond donors (Lipinski definition) is 2. The first-order valence-corrected chi connectivity index (χ1v) is 7.30. The van der Waals surface area contributed by atoms with Gasteiger partial charge in [0.05, 0.1) is 0 Å². The third-order valence-electron chi connectivity index (χ3n) is 3.90. The summed E-state index contributed by atoms with van der Waals surface area (Å²) in [6, 6.07) is -0.753. The molecule has 4 heteroatoms. The fraction of sp³-hybridized carbons (Fsp3) is 0.867. The van der Waals surface area contributed by atoms with E-state index in [4.69, 9.17) is 0 Å². The molecule has 19 heavy (non-hydrogen) atoms. The van der Waals surface area contributed by atoms with Gasteiger partial charge >= 0.3 is 5.97 Å². The minimum absolute atomic E-state index is 0.0551. The van der Waals surface area contributed by atoms with Crippen molar-refractivity contribution in [3.05, 3.63) is 0 Å². The van der Waals surface area contributed by atoms with Crippen LogP contribution in [0.4, 0.5) is 0 Å². The molecule has 1 amide bonds. The Morgan fingerprint density at radius 2 is 1.74 bits per heavy atom. The highest BCUT2D eigenvalue weighted by Crippen LogP contribution is 2.46. The fourth-order valence-electron chi connectivity index (χ4n) is 2.91. The predicted molar refractivity (Wildman–Crippen MR) is 74.8 cm³/mol. The second-order valence-corrected chi connectivity index (χ2v) is 6.73. The highest BCUT2D eigenvalue weighted by atomic mass is 16.4. The van der Waals surface area contributed by atoms with Crippen LogP contribution < -0.4 is 5.32 Å². The maximum atomic E-state index is 12.4. The van der Waals surface area contributed by atoms with Crippen LogP contribution in [0.25, 0.3) is 0 Å². The van der Waals surface area contributed by atoms with Crippen molar-refractivity contribution >= 4 is 11.9 Å². The van der Waals surface area contributed by atoms with E-state index in [0.29, 0.717) is 12.3 Å². The van der Waals surface area contributed by atoms with Gasteiger partial charge in [-0.1, -0.05) is 34.1 Å². The van der Waals surface area contributed by atoms with Crippen molar-refractivity contribution in [1.29, 1.82) is 0 Å². The van der Waals surface area contributed by atoms with E-state index in [1.165, 1.54) is 0 Å². The maximum Gasteiger partial charge on any atom is 0.326 e. The van der Waals surface area contributed by atoms with Crippen LogP contribution in [-0.4, -0.2) is 23.0 Å². The summed E-state index contributed by atoms with van der Waals surface area (Å²) in [6.45, 7) is 8.15. The lowest BCUT2D eigenvalue weighted by Gasteiger charge is -2.42. The van der Waals surface area contributed by atoms with Gasteiger partial charge in [0.1, 0.15) is 6.04 Å². The van der Waals surface area contributed by atoms with Crippen molar-refractivity contribution in [2.45, 2.75) is 65.8 Å². The molecule has 2 N–H and O–H groups in total. The average molecular weight is 269 g/mol. The lowest BCUT2D eigenvalue weighted by atomic mass is 9.64. The van der Waals surface area contributed by atoms with Crippen LogP contribution in [0.3, 0.4) is 0 Å². The zero-order valence-corrected chi connectivity index (χ0v) is 12.5. The Morgan fingerprint density at radius 1 is 1.16 bits per heavy atom. The molecule has 1 saturated carbocycles. The smallest absolute Gasteiger partial charge is 0.326 e. The molecule has 0 aromatic rings. The Bertz CT molecular complexity index is 332. The van der Waals surface area contributed by atoms with E-state index in [0.717, 1.165) is 25.7 Å². The molecular weight excluding hydrogens is 242 g/mol. The molecule has 0 bridgehead atoms. The normalized spacial score (nSPS) is 19.1. The predicted octanol–water partition coefficient (Wildman–Crippen LogP) is 2.82. The van der Waals surface area contributed by atoms with Crippen molar-refractivity contribution < 1.29 is 14.7 Å². The van der Waals surface area contributed by atoms with Gasteiger partial charge in [0.2, 0.25) is 5.91 Å². The first kappa shape index (κ1) is 16.0. The van der Waals surface area contributed by atoms with Crippen molar-refractivity contribution in [3.8, 4) is 0 Å². The van der Waals surface area contributed by atoms with Crippen LogP contribution >= 0.6 is 0 Å². The van der Waals surface area contributed by atoms with Gasteiger partial charge in [0.15, 0.2) is 0 Å². The van der Waals surface area contributed by atoms with Gasteiger partial charge in [-0.15, -0.1) is 0 Å². The summed E-state index contributed by atoms with van der Waals surface area (Å²) < 4.78 is 0. The largest absolute Gasteiger partial charge is 0.480 e. The molecule has 1 atom stereocenters. The summed E-state index contributed by atoms with van der Waals surface area (Å²) in [5, 5.41) is 12.0. The highest BCUT2D eigenvalue weighted by Gasteiger charge is 2.45. The van der Waals surface area contributed by atoms with Gasteiger partial charge in [-0.05, 0) is 37.5 Å². The van der Waals surface area contributed by atoms with Crippen LogP contribution in [0.15, 0.2) is 0 Å². The Labute approximate surface area is 116 Å². The molecule has 0 unspecified atom stereocenters. The summed E-state index contributed by atoms with van der Waals surface area (Å²) in [4.78, 5) is 23.6. The molecule has 0 heterocycles. The van der Waals surface area contributed by atoms with Gasteiger partial charge in [-0.3, -0.25) is 4.79 Å². The summed E-state index contributed by atoms with van der Waals surface area (Å²) >= 11 is 0. The number of carbonyl (C=O) groups excluding carboxylic acids is 1. The lowest BCUT2D eigenvalue weighted by molar-refractivity contribution is -0.146. The number of hydrogen-bond acceptors (Lipinski definition) is 2. The molecule has 0 saturated heterocycles. The standard InChI is InChI=1S/C15H27NO3/c1-10(2)8-12(13(17)18)16-14(19)15(6-5-7-15)9-11(3)4/h10-12H,5-9H2,1-4H3,(H,16,19)(H,17,18)/t12-/m1/s1. The van der Waals surface area contributed by atoms with Crippen molar-refractivity contribution in [3.63, 3.8) is 0 Å². The van der Waals surface area contributed by atoms with Crippen LogP contribution in [0.5, 0.6) is 0 Å². The molecule has 0 aromatic carbocycles. The van der Waals surface area contributed by atoms with Crippen molar-refractivity contribution in [1.82, 2.24) is 5.32 Å². The van der Waals surface area contributed by atoms with Crippen molar-refractivity contribution in [2.24, 2.45) is 17.3 Å². The third-order valence-corrected chi connectivity index (χ3v) is 3.90. The monoisotopic (exact) mass is 269 g/mol. The third kappa shape index (κ3) is 4.22. The van der Waals surface area contributed by atoms with Gasteiger partial charge in [0, 0.05) is 5.41 Å². The number of rotatable bonds is 7. The highest BCUT2D eigenvalue weighted by molar-refractivity contribution is 5.88. The second-order valence-electron chi connectivity index (χ2n) is 6.73. The molecule has 0 aromatic heterocycles. The Kier molecular flexibility index (Phi) is 5.39. The Balaban J connectivity index is 2.67. The number of carbonyl (C=O) groups is 2. The van der Waals surface area contributed by atoms with E-state index in [2.05, 4.69) is 19.2 Å². The Morgan fingerprint density at radius 3 is 2.05 bits per heavy atom. The first-order valence-electron chi connectivity index (χ1n) is 7.30. The number of nitrogens with one attached hydrogen (secondary N) is 1. The maximum absolute atomic E-state index is 12.4. The molecular formula is C15H27NO3. The van der Waals surface area contributed by atoms with Gasteiger partial charge < -0.3 is 10.4 Å². The number of aliphatic carboxylic acids is 1. The topological polar surface area (TPSA) is 66.4 Å². The molecule has 1 aliphatic rings. The Hall–Kier alpha value is -1.06. The zero-order chi connectivity index (χ0) is 14.6. The molecule has 0 radical (unpaired) electrons. The second kappa shape index (κ2) is 6.40. The molecule has 1 fully saturated rings. The first-order chi connectivity index (χ1) is 8.77. The van der Waals surface area contributed by atoms with E-state index in [1.54, 1.807) is 0 Å². The summed E-state index contributed by atoms with van der Waals surface area (Å²) in [5.41, 5.74) is -0.307. The summed E-state index contributed by atoms with van der Waals surface area (Å²) in [5.74, 6) is -0.273. The minimum Gasteiger partial charge on any atom is -0.480 e. The molecule has 0 spiro atoms. The van der Waals surface area contributed by atoms with Gasteiger partial charge in [-0.25, -0.2) is 4.79 Å². The van der Waals surface area contributed by atoms with Crippen LogP contribution in [0, 0.1) is 17.3 Å². The summed E-state index contributed by atoms with van der Waals surface area (Å²) in [6.07, 6.45) is 4.20. The number of carboxylic acid groups (broad SMARTS) is 1. The zero-order valence-electron chi connectivity index (χ0n) is 12.5. The van der Waals surface area contributed by atoms with E-state index >= 15 is 0 Å². The van der Waals surface area contributed by atoms with Gasteiger partial charge in [0.25, 0.3) is 0 Å². The fourth-order valence-corrected chi connectivity index (χ4v) is 2.91. The number of carboxylic acids is 1. The minimum atomic E-state index is -0.930. The summed E-state index contributed by atoms with van der Waals surface area (Å²) in [7, 11) is 0. The van der Waals surface area contributed by atoms with Crippen LogP contribution in [0.2, 0.25) is 0 Å². The van der Waals surface area contributed by atoms with Crippen LogP contribution in [0.1, 0.15) is 59.8 Å². The molecule has 1 aliphatic carbocycles. The van der Waals surface area contributed by atoms with Crippen LogP contribution in [-0.2, 0) is 9.59 Å². The molecule has 110 valence electrons. The SMILES string of the molecule is CC(C)C[C@@H](NC(=O)C1(CC(C)C)CCC1)C(=O)O. The van der Waals surface area contributed by atoms with E-state index in [-0.39, 0.29) is 17.2 Å². The molecule has 4 nitrogen and oxygen atoms in total. The number of amides is 1.